The molecule has 1 saturated heterocycles. The van der Waals surface area contributed by atoms with Gasteiger partial charge in [0.15, 0.2) is 0 Å². The molecular weight excluding hydrogens is 260 g/mol. The molecule has 1 heterocycles. The molecule has 1 aliphatic rings. The van der Waals surface area contributed by atoms with Crippen molar-refractivity contribution in [1.29, 1.82) is 0 Å². The van der Waals surface area contributed by atoms with Crippen LogP contribution in [0.15, 0.2) is 18.2 Å². The SMILES string of the molecule is O=C(O)C1CSCCN1Cc1ccc(F)cc1F. The van der Waals surface area contributed by atoms with Crippen LogP contribution in [0.25, 0.3) is 0 Å². The zero-order chi connectivity index (χ0) is 13.1. The van der Waals surface area contributed by atoms with Crippen LogP contribution in [-0.4, -0.2) is 40.1 Å². The van der Waals surface area contributed by atoms with Crippen molar-refractivity contribution in [2.24, 2.45) is 0 Å². The number of nitrogens with zero attached hydrogens (tertiary/aromatic N) is 1. The second kappa shape index (κ2) is 5.67. The number of benzene rings is 1. The lowest BCUT2D eigenvalue weighted by atomic mass is 10.1. The first kappa shape index (κ1) is 13.3. The van der Waals surface area contributed by atoms with Crippen LogP contribution in [0.5, 0.6) is 0 Å². The second-order valence-corrected chi connectivity index (χ2v) is 5.28. The first-order valence-electron chi connectivity index (χ1n) is 5.56. The van der Waals surface area contributed by atoms with Gasteiger partial charge < -0.3 is 5.11 Å². The second-order valence-electron chi connectivity index (χ2n) is 4.14. The van der Waals surface area contributed by atoms with Gasteiger partial charge in [0.1, 0.15) is 17.7 Å². The van der Waals surface area contributed by atoms with Crippen molar-refractivity contribution in [2.75, 3.05) is 18.1 Å². The summed E-state index contributed by atoms with van der Waals surface area (Å²) in [6.07, 6.45) is 0. The fraction of sp³-hybridized carbons (Fsp3) is 0.417. The molecule has 6 heteroatoms. The summed E-state index contributed by atoms with van der Waals surface area (Å²) in [5.74, 6) is -0.826. The topological polar surface area (TPSA) is 40.5 Å². The van der Waals surface area contributed by atoms with E-state index in [0.29, 0.717) is 17.9 Å². The Morgan fingerprint density at radius 1 is 1.50 bits per heavy atom. The molecule has 1 aliphatic heterocycles. The van der Waals surface area contributed by atoms with Gasteiger partial charge in [-0.1, -0.05) is 6.07 Å². The maximum Gasteiger partial charge on any atom is 0.321 e. The molecule has 1 unspecified atom stereocenters. The molecule has 1 aromatic rings. The molecule has 0 bridgehead atoms. The smallest absolute Gasteiger partial charge is 0.321 e. The normalized spacial score (nSPS) is 20.9. The Morgan fingerprint density at radius 2 is 2.28 bits per heavy atom. The van der Waals surface area contributed by atoms with Gasteiger partial charge in [0.05, 0.1) is 0 Å². The number of aliphatic carboxylic acids is 1. The van der Waals surface area contributed by atoms with Gasteiger partial charge in [-0.05, 0) is 6.07 Å². The van der Waals surface area contributed by atoms with Crippen LogP contribution in [0.3, 0.4) is 0 Å². The van der Waals surface area contributed by atoms with Crippen molar-refractivity contribution in [3.05, 3.63) is 35.4 Å². The Morgan fingerprint density at radius 3 is 2.94 bits per heavy atom. The van der Waals surface area contributed by atoms with Crippen molar-refractivity contribution < 1.29 is 18.7 Å². The highest BCUT2D eigenvalue weighted by Gasteiger charge is 2.29. The molecule has 0 amide bonds. The number of halogens is 2. The molecule has 1 aromatic carbocycles. The molecule has 0 radical (unpaired) electrons. The Labute approximate surface area is 108 Å². The molecule has 2 rings (SSSR count). The standard InChI is InChI=1S/C12H13F2NO2S/c13-9-2-1-8(10(14)5-9)6-15-3-4-18-7-11(15)12(16)17/h1-2,5,11H,3-4,6-7H2,(H,16,17). The van der Waals surface area contributed by atoms with Crippen molar-refractivity contribution in [3.8, 4) is 0 Å². The fourth-order valence-electron chi connectivity index (χ4n) is 1.92. The van der Waals surface area contributed by atoms with Gasteiger partial charge in [0.25, 0.3) is 0 Å². The number of hydrogen-bond acceptors (Lipinski definition) is 3. The molecule has 1 fully saturated rings. The molecule has 0 aliphatic carbocycles. The van der Waals surface area contributed by atoms with E-state index in [1.54, 1.807) is 16.7 Å². The van der Waals surface area contributed by atoms with Crippen LogP contribution < -0.4 is 0 Å². The monoisotopic (exact) mass is 273 g/mol. The Balaban J connectivity index is 2.13. The van der Waals surface area contributed by atoms with Crippen LogP contribution in [0.1, 0.15) is 5.56 Å². The van der Waals surface area contributed by atoms with E-state index in [9.17, 15) is 13.6 Å². The summed E-state index contributed by atoms with van der Waals surface area (Å²) in [6.45, 7) is 0.794. The Hall–Kier alpha value is -1.14. The predicted octanol–water partition coefficient (Wildman–Crippen LogP) is 1.97. The number of carbonyl (C=O) groups is 1. The summed E-state index contributed by atoms with van der Waals surface area (Å²) < 4.78 is 26.3. The van der Waals surface area contributed by atoms with Crippen LogP contribution >= 0.6 is 11.8 Å². The summed E-state index contributed by atoms with van der Waals surface area (Å²) in [6, 6.07) is 2.77. The minimum atomic E-state index is -0.898. The lowest BCUT2D eigenvalue weighted by Crippen LogP contribution is -2.46. The number of rotatable bonds is 3. The van der Waals surface area contributed by atoms with Crippen molar-refractivity contribution in [3.63, 3.8) is 0 Å². The average molecular weight is 273 g/mol. The molecule has 1 atom stereocenters. The Bertz CT molecular complexity index is 456. The van der Waals surface area contributed by atoms with Gasteiger partial charge in [0.2, 0.25) is 0 Å². The first-order chi connectivity index (χ1) is 8.58. The van der Waals surface area contributed by atoms with E-state index in [2.05, 4.69) is 0 Å². The van der Waals surface area contributed by atoms with Crippen molar-refractivity contribution in [2.45, 2.75) is 12.6 Å². The molecule has 0 saturated carbocycles. The van der Waals surface area contributed by atoms with Crippen LogP contribution in [0.4, 0.5) is 8.78 Å². The van der Waals surface area contributed by atoms with Gasteiger partial charge >= 0.3 is 5.97 Å². The Kier molecular flexibility index (Phi) is 4.19. The van der Waals surface area contributed by atoms with Gasteiger partial charge in [-0.3, -0.25) is 9.69 Å². The molecule has 1 N–H and O–H groups in total. The third-order valence-electron chi connectivity index (χ3n) is 2.91. The third kappa shape index (κ3) is 3.00. The summed E-state index contributed by atoms with van der Waals surface area (Å²) in [7, 11) is 0. The predicted molar refractivity (Wildman–Crippen MR) is 65.5 cm³/mol. The first-order valence-corrected chi connectivity index (χ1v) is 6.72. The van der Waals surface area contributed by atoms with E-state index in [4.69, 9.17) is 5.11 Å². The third-order valence-corrected chi connectivity index (χ3v) is 3.94. The highest BCUT2D eigenvalue weighted by atomic mass is 32.2. The average Bonchev–Trinajstić information content (AvgIpc) is 2.33. The van der Waals surface area contributed by atoms with E-state index < -0.39 is 23.6 Å². The lowest BCUT2D eigenvalue weighted by molar-refractivity contribution is -0.142. The van der Waals surface area contributed by atoms with E-state index in [-0.39, 0.29) is 6.54 Å². The number of carboxylic acid groups (broad SMARTS) is 1. The van der Waals surface area contributed by atoms with Crippen LogP contribution in [-0.2, 0) is 11.3 Å². The number of carboxylic acids is 1. The summed E-state index contributed by atoms with van der Waals surface area (Å²) >= 11 is 1.58. The minimum absolute atomic E-state index is 0.198. The molecule has 18 heavy (non-hydrogen) atoms. The summed E-state index contributed by atoms with van der Waals surface area (Å²) in [4.78, 5) is 12.8. The van der Waals surface area contributed by atoms with Crippen LogP contribution in [0.2, 0.25) is 0 Å². The van der Waals surface area contributed by atoms with Crippen molar-refractivity contribution >= 4 is 17.7 Å². The van der Waals surface area contributed by atoms with E-state index in [1.165, 1.54) is 12.1 Å². The molecule has 0 spiro atoms. The van der Waals surface area contributed by atoms with E-state index >= 15 is 0 Å². The molecule has 3 nitrogen and oxygen atoms in total. The largest absolute Gasteiger partial charge is 0.480 e. The van der Waals surface area contributed by atoms with Gasteiger partial charge in [0, 0.05) is 36.2 Å². The zero-order valence-corrected chi connectivity index (χ0v) is 10.4. The fourth-order valence-corrected chi connectivity index (χ4v) is 3.03. The zero-order valence-electron chi connectivity index (χ0n) is 9.60. The van der Waals surface area contributed by atoms with Gasteiger partial charge in [-0.2, -0.15) is 11.8 Å². The number of hydrogen-bond donors (Lipinski definition) is 1. The highest BCUT2D eigenvalue weighted by molar-refractivity contribution is 7.99. The lowest BCUT2D eigenvalue weighted by Gasteiger charge is -2.32. The highest BCUT2D eigenvalue weighted by Crippen LogP contribution is 2.20. The van der Waals surface area contributed by atoms with Gasteiger partial charge in [-0.25, -0.2) is 8.78 Å². The maximum atomic E-state index is 13.5. The summed E-state index contributed by atoms with van der Waals surface area (Å²) in [5.41, 5.74) is 0.328. The van der Waals surface area contributed by atoms with Crippen LogP contribution in [0, 0.1) is 11.6 Å². The maximum absolute atomic E-state index is 13.5. The molecular formula is C12H13F2NO2S. The minimum Gasteiger partial charge on any atom is -0.480 e. The van der Waals surface area contributed by atoms with Gasteiger partial charge in [-0.15, -0.1) is 0 Å². The molecule has 98 valence electrons. The number of thioether (sulfide) groups is 1. The molecule has 0 aromatic heterocycles. The summed E-state index contributed by atoms with van der Waals surface area (Å²) in [5, 5.41) is 9.09. The van der Waals surface area contributed by atoms with E-state index in [0.717, 1.165) is 11.8 Å². The quantitative estimate of drug-likeness (QED) is 0.914. The van der Waals surface area contributed by atoms with Crippen molar-refractivity contribution in [1.82, 2.24) is 4.90 Å². The van der Waals surface area contributed by atoms with E-state index in [1.807, 2.05) is 0 Å².